The van der Waals surface area contributed by atoms with E-state index in [9.17, 15) is 4.79 Å². The van der Waals surface area contributed by atoms with Gasteiger partial charge in [-0.15, -0.1) is 11.3 Å². The molecule has 0 bridgehead atoms. The Morgan fingerprint density at radius 3 is 2.37 bits per heavy atom. The molecule has 0 saturated heterocycles. The zero-order valence-electron chi connectivity index (χ0n) is 17.3. The number of nitrogens with zero attached hydrogens (tertiary/aromatic N) is 2. The molecule has 4 rings (SSSR count). The largest absolute Gasteiger partial charge is 0.497 e. The molecule has 0 unspecified atom stereocenters. The van der Waals surface area contributed by atoms with Gasteiger partial charge < -0.3 is 19.1 Å². The van der Waals surface area contributed by atoms with Gasteiger partial charge in [0.05, 0.1) is 37.4 Å². The van der Waals surface area contributed by atoms with Gasteiger partial charge in [0, 0.05) is 29.4 Å². The minimum Gasteiger partial charge on any atom is -0.497 e. The van der Waals surface area contributed by atoms with Crippen LogP contribution in [0.3, 0.4) is 0 Å². The Hall–Kier alpha value is -3.32. The van der Waals surface area contributed by atoms with Crippen molar-refractivity contribution in [3.63, 3.8) is 0 Å². The highest BCUT2D eigenvalue weighted by atomic mass is 32.1. The number of hydrogen-bond donors (Lipinski definition) is 0. The fraction of sp³-hybridized carbons (Fsp3) is 0.217. The molecule has 0 aliphatic rings. The first-order valence-corrected chi connectivity index (χ1v) is 10.3. The van der Waals surface area contributed by atoms with E-state index >= 15 is 0 Å². The zero-order chi connectivity index (χ0) is 21.3. The third kappa shape index (κ3) is 3.52. The molecule has 0 spiro atoms. The minimum atomic E-state index is -0.103. The van der Waals surface area contributed by atoms with Crippen LogP contribution in [0.4, 0.5) is 5.69 Å². The monoisotopic (exact) mass is 422 g/mol. The maximum atomic E-state index is 13.4. The van der Waals surface area contributed by atoms with Gasteiger partial charge >= 0.3 is 0 Å². The number of amides is 1. The van der Waals surface area contributed by atoms with Gasteiger partial charge in [0.1, 0.15) is 22.1 Å². The van der Waals surface area contributed by atoms with Crippen LogP contribution in [0.1, 0.15) is 16.6 Å². The standard InChI is InChI=1S/C23H22N2O4S/c1-5-25(19-13-17(28-3)8-9-20(19)29-4)23(26)21-11-15-10-14-6-7-16(27-2)12-18(14)24-22(15)30-21/h6-13H,5H2,1-4H3. The van der Waals surface area contributed by atoms with Crippen LogP contribution in [0.5, 0.6) is 17.2 Å². The first-order chi connectivity index (χ1) is 14.6. The fourth-order valence-electron chi connectivity index (χ4n) is 3.40. The van der Waals surface area contributed by atoms with Crippen molar-refractivity contribution in [1.29, 1.82) is 0 Å². The van der Waals surface area contributed by atoms with E-state index in [2.05, 4.69) is 0 Å². The molecule has 154 valence electrons. The topological polar surface area (TPSA) is 60.9 Å². The summed E-state index contributed by atoms with van der Waals surface area (Å²) in [5.74, 6) is 1.93. The Morgan fingerprint density at radius 2 is 1.67 bits per heavy atom. The Kier molecular flexibility index (Phi) is 5.46. The first-order valence-electron chi connectivity index (χ1n) is 9.50. The average molecular weight is 423 g/mol. The molecule has 0 fully saturated rings. The molecule has 30 heavy (non-hydrogen) atoms. The lowest BCUT2D eigenvalue weighted by Crippen LogP contribution is -2.30. The molecular weight excluding hydrogens is 400 g/mol. The van der Waals surface area contributed by atoms with Crippen molar-refractivity contribution >= 4 is 44.1 Å². The number of fused-ring (bicyclic) bond motifs is 2. The molecule has 2 aromatic heterocycles. The third-order valence-corrected chi connectivity index (χ3v) is 5.99. The number of thiophene rings is 1. The molecule has 2 aromatic carbocycles. The molecule has 2 heterocycles. The molecule has 0 aliphatic carbocycles. The molecular formula is C23H22N2O4S. The van der Waals surface area contributed by atoms with Gasteiger partial charge in [-0.2, -0.15) is 0 Å². The maximum Gasteiger partial charge on any atom is 0.268 e. The second-order valence-electron chi connectivity index (χ2n) is 6.64. The lowest BCUT2D eigenvalue weighted by atomic mass is 10.2. The summed E-state index contributed by atoms with van der Waals surface area (Å²) in [4.78, 5) is 21.3. The van der Waals surface area contributed by atoms with Crippen LogP contribution in [-0.4, -0.2) is 38.8 Å². The van der Waals surface area contributed by atoms with E-state index in [-0.39, 0.29) is 5.91 Å². The van der Waals surface area contributed by atoms with Crippen LogP contribution in [0.15, 0.2) is 48.5 Å². The maximum absolute atomic E-state index is 13.4. The molecule has 0 aliphatic heterocycles. The zero-order valence-corrected chi connectivity index (χ0v) is 18.1. The van der Waals surface area contributed by atoms with Crippen LogP contribution in [0.2, 0.25) is 0 Å². The Labute approximate surface area is 178 Å². The molecule has 0 radical (unpaired) electrons. The minimum absolute atomic E-state index is 0.103. The highest BCUT2D eigenvalue weighted by Gasteiger charge is 2.22. The number of benzene rings is 2. The second kappa shape index (κ2) is 8.20. The van der Waals surface area contributed by atoms with E-state index in [1.807, 2.05) is 49.4 Å². The summed E-state index contributed by atoms with van der Waals surface area (Å²) < 4.78 is 16.1. The predicted molar refractivity (Wildman–Crippen MR) is 121 cm³/mol. The number of pyridine rings is 1. The molecule has 6 nitrogen and oxygen atoms in total. The van der Waals surface area contributed by atoms with Crippen molar-refractivity contribution in [2.45, 2.75) is 6.92 Å². The van der Waals surface area contributed by atoms with E-state index < -0.39 is 0 Å². The lowest BCUT2D eigenvalue weighted by molar-refractivity contribution is 0.0991. The molecule has 7 heteroatoms. The molecule has 4 aromatic rings. The highest BCUT2D eigenvalue weighted by molar-refractivity contribution is 7.20. The van der Waals surface area contributed by atoms with Crippen molar-refractivity contribution < 1.29 is 19.0 Å². The van der Waals surface area contributed by atoms with E-state index in [4.69, 9.17) is 19.2 Å². The SMILES string of the molecule is CCN(C(=O)c1cc2cc3ccc(OC)cc3nc2s1)c1cc(OC)ccc1OC. The Morgan fingerprint density at radius 1 is 0.933 bits per heavy atom. The molecule has 0 N–H and O–H groups in total. The quantitative estimate of drug-likeness (QED) is 0.430. The summed E-state index contributed by atoms with van der Waals surface area (Å²) in [5.41, 5.74) is 1.51. The molecule has 0 atom stereocenters. The number of carbonyl (C=O) groups excluding carboxylic acids is 1. The summed E-state index contributed by atoms with van der Waals surface area (Å²) in [6.07, 6.45) is 0. The first kappa shape index (κ1) is 20.0. The Balaban J connectivity index is 1.76. The number of carbonyl (C=O) groups is 1. The van der Waals surface area contributed by atoms with Gasteiger partial charge in [0.15, 0.2) is 0 Å². The average Bonchev–Trinajstić information content (AvgIpc) is 3.20. The number of methoxy groups -OCH3 is 3. The van der Waals surface area contributed by atoms with Crippen LogP contribution in [0.25, 0.3) is 21.1 Å². The summed E-state index contributed by atoms with van der Waals surface area (Å²) in [6.45, 7) is 2.42. The van der Waals surface area contributed by atoms with Crippen LogP contribution in [-0.2, 0) is 0 Å². The highest BCUT2D eigenvalue weighted by Crippen LogP contribution is 2.35. The Bertz CT molecular complexity index is 1230. The summed E-state index contributed by atoms with van der Waals surface area (Å²) in [7, 11) is 4.82. The van der Waals surface area contributed by atoms with Crippen LogP contribution < -0.4 is 19.1 Å². The van der Waals surface area contributed by atoms with Gasteiger partial charge in [-0.25, -0.2) is 4.98 Å². The lowest BCUT2D eigenvalue weighted by Gasteiger charge is -2.23. The second-order valence-corrected chi connectivity index (χ2v) is 7.67. The van der Waals surface area contributed by atoms with Crippen molar-refractivity contribution in [1.82, 2.24) is 4.98 Å². The summed E-state index contributed by atoms with van der Waals surface area (Å²) >= 11 is 1.38. The fourth-order valence-corrected chi connectivity index (χ4v) is 4.37. The van der Waals surface area contributed by atoms with Crippen LogP contribution >= 0.6 is 11.3 Å². The van der Waals surface area contributed by atoms with Gasteiger partial charge in [0.2, 0.25) is 0 Å². The number of ether oxygens (including phenoxy) is 3. The number of anilines is 1. The number of aromatic nitrogens is 1. The van der Waals surface area contributed by atoms with Crippen molar-refractivity contribution in [2.75, 3.05) is 32.8 Å². The number of hydrogen-bond acceptors (Lipinski definition) is 6. The van der Waals surface area contributed by atoms with E-state index in [1.165, 1.54) is 11.3 Å². The van der Waals surface area contributed by atoms with Gasteiger partial charge in [-0.3, -0.25) is 4.79 Å². The number of rotatable bonds is 6. The van der Waals surface area contributed by atoms with E-state index in [0.29, 0.717) is 28.6 Å². The van der Waals surface area contributed by atoms with Crippen LogP contribution in [0, 0.1) is 0 Å². The van der Waals surface area contributed by atoms with Gasteiger partial charge in [-0.05, 0) is 43.3 Å². The summed E-state index contributed by atoms with van der Waals surface area (Å²) in [6, 6.07) is 15.1. The summed E-state index contributed by atoms with van der Waals surface area (Å²) in [5, 5.41) is 1.94. The third-order valence-electron chi connectivity index (χ3n) is 4.96. The van der Waals surface area contributed by atoms with Crippen molar-refractivity contribution in [2.24, 2.45) is 0 Å². The van der Waals surface area contributed by atoms with E-state index in [1.54, 1.807) is 32.3 Å². The normalized spacial score (nSPS) is 10.9. The van der Waals surface area contributed by atoms with Gasteiger partial charge in [-0.1, -0.05) is 0 Å². The smallest absolute Gasteiger partial charge is 0.268 e. The predicted octanol–water partition coefficient (Wildman–Crippen LogP) is 5.14. The van der Waals surface area contributed by atoms with E-state index in [0.717, 1.165) is 26.9 Å². The molecule has 0 saturated carbocycles. The molecule has 1 amide bonds. The van der Waals surface area contributed by atoms with Crippen molar-refractivity contribution in [3.8, 4) is 17.2 Å². The van der Waals surface area contributed by atoms with Crippen molar-refractivity contribution in [3.05, 3.63) is 53.4 Å². The van der Waals surface area contributed by atoms with Gasteiger partial charge in [0.25, 0.3) is 5.91 Å².